The molecule has 0 unspecified atom stereocenters. The molecule has 2 amide bonds. The number of benzene rings is 2. The molecule has 10 heteroatoms. The number of rotatable bonds is 8. The van der Waals surface area contributed by atoms with E-state index in [1.807, 2.05) is 0 Å². The smallest absolute Gasteiger partial charge is 0.264 e. The molecule has 0 aliphatic heterocycles. The molecule has 1 aliphatic rings. The topological polar surface area (TPSA) is 117 Å². The van der Waals surface area contributed by atoms with E-state index in [0.29, 0.717) is 23.0 Å². The quantitative estimate of drug-likeness (QED) is 0.487. The number of hydrazone groups is 1. The normalized spacial score (nSPS) is 16.0. The molecule has 3 rings (SSSR count). The summed E-state index contributed by atoms with van der Waals surface area (Å²) in [5.41, 5.74) is 4.49. The van der Waals surface area contributed by atoms with Gasteiger partial charge in [-0.15, -0.1) is 0 Å². The molecule has 1 aliphatic carbocycles. The molecule has 0 spiro atoms. The van der Waals surface area contributed by atoms with Gasteiger partial charge in [0.25, 0.3) is 15.9 Å². The van der Waals surface area contributed by atoms with Gasteiger partial charge in [-0.2, -0.15) is 5.10 Å². The third-order valence-electron chi connectivity index (χ3n) is 6.54. The molecule has 1 fully saturated rings. The molecule has 200 valence electrons. The maximum atomic E-state index is 13.6. The number of hydrogen-bond donors (Lipinski definition) is 2. The van der Waals surface area contributed by atoms with Gasteiger partial charge in [-0.25, -0.2) is 13.8 Å². The highest BCUT2D eigenvalue weighted by atomic mass is 32.2. The minimum Gasteiger partial charge on any atom is -0.497 e. The molecule has 0 radical (unpaired) electrons. The molecule has 0 bridgehead atoms. The van der Waals surface area contributed by atoms with Crippen molar-refractivity contribution in [3.8, 4) is 5.75 Å². The van der Waals surface area contributed by atoms with Crippen LogP contribution in [0, 0.1) is 11.3 Å². The van der Waals surface area contributed by atoms with Gasteiger partial charge in [-0.3, -0.25) is 13.9 Å². The van der Waals surface area contributed by atoms with Crippen molar-refractivity contribution in [1.82, 2.24) is 5.43 Å². The summed E-state index contributed by atoms with van der Waals surface area (Å²) in [6.07, 6.45) is 3.64. The van der Waals surface area contributed by atoms with Gasteiger partial charge in [0, 0.05) is 18.3 Å². The highest BCUT2D eigenvalue weighted by Crippen LogP contribution is 2.36. The lowest BCUT2D eigenvalue weighted by Gasteiger charge is -2.34. The first kappa shape index (κ1) is 28.2. The number of carbonyl (C=O) groups is 2. The SMILES string of the molecule is COc1ccc(N(CC(=O)NN=C2CCC(C(C)(C)C)CC2)S(=O)(=O)c2ccc(NC(C)=O)cc2)cc1. The number of carbonyl (C=O) groups excluding carboxylic acids is 2. The summed E-state index contributed by atoms with van der Waals surface area (Å²) in [6.45, 7) is 7.63. The lowest BCUT2D eigenvalue weighted by atomic mass is 9.72. The molecule has 1 saturated carbocycles. The Bertz CT molecular complexity index is 1220. The number of nitrogens with one attached hydrogen (secondary N) is 2. The first-order valence-corrected chi connectivity index (χ1v) is 13.7. The fraction of sp³-hybridized carbons (Fsp3) is 0.444. The van der Waals surface area contributed by atoms with Gasteiger partial charge in [0.1, 0.15) is 12.3 Å². The number of hydrogen-bond acceptors (Lipinski definition) is 6. The minimum atomic E-state index is -4.11. The van der Waals surface area contributed by atoms with Gasteiger partial charge in [-0.1, -0.05) is 20.8 Å². The second-order valence-electron chi connectivity index (χ2n) is 10.3. The van der Waals surface area contributed by atoms with E-state index in [4.69, 9.17) is 4.74 Å². The zero-order chi connectivity index (χ0) is 27.2. The predicted octanol–water partition coefficient (Wildman–Crippen LogP) is 4.56. The number of ether oxygens (including phenoxy) is 1. The molecular weight excluding hydrogens is 492 g/mol. The predicted molar refractivity (Wildman–Crippen MR) is 145 cm³/mol. The van der Waals surface area contributed by atoms with Gasteiger partial charge in [0.2, 0.25) is 5.91 Å². The van der Waals surface area contributed by atoms with Gasteiger partial charge < -0.3 is 10.1 Å². The van der Waals surface area contributed by atoms with E-state index in [0.717, 1.165) is 35.7 Å². The molecule has 2 aromatic carbocycles. The van der Waals surface area contributed by atoms with E-state index in [-0.39, 0.29) is 16.2 Å². The molecule has 0 aromatic heterocycles. The average Bonchev–Trinajstić information content (AvgIpc) is 2.86. The van der Waals surface area contributed by atoms with E-state index in [1.165, 1.54) is 38.3 Å². The lowest BCUT2D eigenvalue weighted by molar-refractivity contribution is -0.119. The zero-order valence-electron chi connectivity index (χ0n) is 22.1. The van der Waals surface area contributed by atoms with Crippen LogP contribution < -0.4 is 19.8 Å². The monoisotopic (exact) mass is 528 g/mol. The van der Waals surface area contributed by atoms with Gasteiger partial charge in [0.15, 0.2) is 0 Å². The lowest BCUT2D eigenvalue weighted by Crippen LogP contribution is -2.40. The average molecular weight is 529 g/mol. The molecule has 0 saturated heterocycles. The summed E-state index contributed by atoms with van der Waals surface area (Å²) in [4.78, 5) is 24.2. The molecular formula is C27H36N4O5S. The maximum absolute atomic E-state index is 13.6. The van der Waals surface area contributed by atoms with Crippen LogP contribution in [0.25, 0.3) is 0 Å². The van der Waals surface area contributed by atoms with Crippen molar-refractivity contribution >= 4 is 38.9 Å². The molecule has 2 aromatic rings. The van der Waals surface area contributed by atoms with Gasteiger partial charge in [-0.05, 0) is 85.5 Å². The second-order valence-corrected chi connectivity index (χ2v) is 12.1. The van der Waals surface area contributed by atoms with Crippen LogP contribution >= 0.6 is 0 Å². The largest absolute Gasteiger partial charge is 0.497 e. The molecule has 0 atom stereocenters. The van der Waals surface area contributed by atoms with Crippen LogP contribution in [0.1, 0.15) is 53.4 Å². The van der Waals surface area contributed by atoms with E-state index in [2.05, 4.69) is 36.6 Å². The van der Waals surface area contributed by atoms with Crippen molar-refractivity contribution in [2.24, 2.45) is 16.4 Å². The Morgan fingerprint density at radius 2 is 1.62 bits per heavy atom. The number of anilines is 2. The molecule has 9 nitrogen and oxygen atoms in total. The third kappa shape index (κ3) is 7.55. The van der Waals surface area contributed by atoms with Crippen molar-refractivity contribution in [3.05, 3.63) is 48.5 Å². The van der Waals surface area contributed by atoms with Crippen LogP contribution in [0.2, 0.25) is 0 Å². The molecule has 37 heavy (non-hydrogen) atoms. The fourth-order valence-corrected chi connectivity index (χ4v) is 5.76. The van der Waals surface area contributed by atoms with E-state index < -0.39 is 22.5 Å². The van der Waals surface area contributed by atoms with Crippen LogP contribution in [0.4, 0.5) is 11.4 Å². The summed E-state index contributed by atoms with van der Waals surface area (Å²) in [5, 5.41) is 6.91. The Hall–Kier alpha value is -3.40. The Labute approximate surface area is 219 Å². The Balaban J connectivity index is 1.79. The second kappa shape index (κ2) is 11.8. The van der Waals surface area contributed by atoms with E-state index in [9.17, 15) is 18.0 Å². The Morgan fingerprint density at radius 1 is 1.03 bits per heavy atom. The maximum Gasteiger partial charge on any atom is 0.264 e. The summed E-state index contributed by atoms with van der Waals surface area (Å²) in [7, 11) is -2.59. The van der Waals surface area contributed by atoms with Crippen molar-refractivity contribution in [3.63, 3.8) is 0 Å². The van der Waals surface area contributed by atoms with Gasteiger partial charge >= 0.3 is 0 Å². The van der Waals surface area contributed by atoms with Crippen LogP contribution in [0.5, 0.6) is 5.75 Å². The zero-order valence-corrected chi connectivity index (χ0v) is 22.9. The van der Waals surface area contributed by atoms with Crippen LogP contribution in [0.15, 0.2) is 58.5 Å². The minimum absolute atomic E-state index is 0.0166. The fourth-order valence-electron chi connectivity index (χ4n) is 4.34. The number of methoxy groups -OCH3 is 1. The van der Waals surface area contributed by atoms with Crippen molar-refractivity contribution in [2.45, 2.75) is 58.3 Å². The van der Waals surface area contributed by atoms with Crippen LogP contribution in [-0.2, 0) is 19.6 Å². The highest BCUT2D eigenvalue weighted by molar-refractivity contribution is 7.92. The van der Waals surface area contributed by atoms with Crippen molar-refractivity contribution in [1.29, 1.82) is 0 Å². The van der Waals surface area contributed by atoms with Crippen molar-refractivity contribution < 1.29 is 22.7 Å². The highest BCUT2D eigenvalue weighted by Gasteiger charge is 2.29. The Morgan fingerprint density at radius 3 is 2.14 bits per heavy atom. The first-order valence-electron chi connectivity index (χ1n) is 12.3. The molecule has 0 heterocycles. The van der Waals surface area contributed by atoms with Gasteiger partial charge in [0.05, 0.1) is 17.7 Å². The number of amides is 2. The van der Waals surface area contributed by atoms with E-state index >= 15 is 0 Å². The number of nitrogens with zero attached hydrogens (tertiary/aromatic N) is 2. The van der Waals surface area contributed by atoms with Crippen LogP contribution in [0.3, 0.4) is 0 Å². The molecule has 2 N–H and O–H groups in total. The van der Waals surface area contributed by atoms with Crippen molar-refractivity contribution in [2.75, 3.05) is 23.3 Å². The third-order valence-corrected chi connectivity index (χ3v) is 8.32. The van der Waals surface area contributed by atoms with Crippen LogP contribution in [-0.4, -0.2) is 39.6 Å². The standard InChI is InChI=1S/C27H36N4O5S/c1-19(32)28-21-10-16-25(17-11-21)37(34,35)31(23-12-14-24(36-5)15-13-23)18-26(33)30-29-22-8-6-20(7-9-22)27(2,3)4/h10-17,20H,6-9,18H2,1-5H3,(H,28,32)(H,30,33). The Kier molecular flexibility index (Phi) is 8.96. The first-order chi connectivity index (χ1) is 17.4. The summed E-state index contributed by atoms with van der Waals surface area (Å²) < 4.78 is 33.4. The summed E-state index contributed by atoms with van der Waals surface area (Å²) in [6, 6.07) is 12.2. The summed E-state index contributed by atoms with van der Waals surface area (Å²) in [5.74, 6) is 0.359. The number of sulfonamides is 1. The summed E-state index contributed by atoms with van der Waals surface area (Å²) >= 11 is 0. The van der Waals surface area contributed by atoms with E-state index in [1.54, 1.807) is 24.3 Å².